The van der Waals surface area contributed by atoms with Gasteiger partial charge in [0.15, 0.2) is 0 Å². The summed E-state index contributed by atoms with van der Waals surface area (Å²) >= 11 is 1.93. The van der Waals surface area contributed by atoms with E-state index in [0.29, 0.717) is 15.9 Å². The molecule has 4 N–H and O–H groups in total. The first kappa shape index (κ1) is 13.7. The molecule has 0 saturated heterocycles. The molecule has 0 amide bonds. The Morgan fingerprint density at radius 3 is 3.06 bits per heavy atom. The topological polar surface area (TPSA) is 108 Å². The third-order valence-electron chi connectivity index (χ3n) is 2.31. The van der Waals surface area contributed by atoms with E-state index in [-0.39, 0.29) is 17.3 Å². The maximum absolute atomic E-state index is 11.4. The predicted octanol–water partition coefficient (Wildman–Crippen LogP) is 0.193. The fourth-order valence-corrected chi connectivity index (χ4v) is 2.04. The lowest BCUT2D eigenvalue weighted by molar-refractivity contribution is 0.314. The Labute approximate surface area is 112 Å². The summed E-state index contributed by atoms with van der Waals surface area (Å²) in [4.78, 5) is 19.8. The molecule has 0 fully saturated rings. The molecule has 1 atom stereocenters. The van der Waals surface area contributed by atoms with Gasteiger partial charge in [-0.1, -0.05) is 12.1 Å². The van der Waals surface area contributed by atoms with E-state index >= 15 is 0 Å². The SMILES string of the molecule is CC(CN(C)c1nc[nH]c(=O)c1I)C(N)=NO. The highest BCUT2D eigenvalue weighted by molar-refractivity contribution is 14.1. The Kier molecular flexibility index (Phi) is 4.73. The highest BCUT2D eigenvalue weighted by atomic mass is 127. The molecule has 0 aliphatic heterocycles. The van der Waals surface area contributed by atoms with Crippen LogP contribution in [0.3, 0.4) is 0 Å². The summed E-state index contributed by atoms with van der Waals surface area (Å²) in [6.45, 7) is 2.33. The number of amidine groups is 1. The van der Waals surface area contributed by atoms with Crippen LogP contribution in [0.2, 0.25) is 0 Å². The molecule has 17 heavy (non-hydrogen) atoms. The van der Waals surface area contributed by atoms with Crippen molar-refractivity contribution in [1.82, 2.24) is 9.97 Å². The average molecular weight is 351 g/mol. The molecule has 1 unspecified atom stereocenters. The van der Waals surface area contributed by atoms with Gasteiger partial charge < -0.3 is 20.8 Å². The minimum absolute atomic E-state index is 0.137. The van der Waals surface area contributed by atoms with Crippen LogP contribution in [-0.2, 0) is 0 Å². The highest BCUT2D eigenvalue weighted by Crippen LogP contribution is 2.14. The van der Waals surface area contributed by atoms with Crippen LogP contribution in [0.15, 0.2) is 16.3 Å². The molecule has 0 bridgehead atoms. The fraction of sp³-hybridized carbons (Fsp3) is 0.444. The van der Waals surface area contributed by atoms with Gasteiger partial charge in [0.25, 0.3) is 5.56 Å². The second-order valence-corrected chi connectivity index (χ2v) is 4.75. The van der Waals surface area contributed by atoms with Crippen LogP contribution >= 0.6 is 22.6 Å². The Balaban J connectivity index is 2.87. The van der Waals surface area contributed by atoms with Gasteiger partial charge in [-0.15, -0.1) is 0 Å². The molecule has 1 aromatic rings. The third kappa shape index (κ3) is 3.32. The van der Waals surface area contributed by atoms with Crippen molar-refractivity contribution in [3.63, 3.8) is 0 Å². The van der Waals surface area contributed by atoms with Crippen molar-refractivity contribution in [2.24, 2.45) is 16.8 Å². The molecule has 0 aliphatic carbocycles. The van der Waals surface area contributed by atoms with Crippen molar-refractivity contribution in [1.29, 1.82) is 0 Å². The van der Waals surface area contributed by atoms with Crippen LogP contribution in [0.1, 0.15) is 6.92 Å². The maximum atomic E-state index is 11.4. The van der Waals surface area contributed by atoms with Gasteiger partial charge in [-0.05, 0) is 22.6 Å². The molecule has 1 aromatic heterocycles. The van der Waals surface area contributed by atoms with E-state index in [1.807, 2.05) is 29.5 Å². The zero-order chi connectivity index (χ0) is 13.0. The van der Waals surface area contributed by atoms with E-state index in [4.69, 9.17) is 10.9 Å². The summed E-state index contributed by atoms with van der Waals surface area (Å²) < 4.78 is 0.513. The van der Waals surface area contributed by atoms with Gasteiger partial charge in [-0.2, -0.15) is 0 Å². The van der Waals surface area contributed by atoms with Crippen molar-refractivity contribution in [3.05, 3.63) is 20.3 Å². The number of oxime groups is 1. The normalized spacial score (nSPS) is 13.5. The standard InChI is InChI=1S/C9H14IN5O2/c1-5(7(11)14-17)3-15(2)8-6(10)9(16)13-4-12-8/h4-5,17H,3H2,1-2H3,(H2,11,14)(H,12,13,16). The summed E-state index contributed by atoms with van der Waals surface area (Å²) in [7, 11) is 1.80. The summed E-state index contributed by atoms with van der Waals surface area (Å²) in [5.74, 6) is 0.588. The van der Waals surface area contributed by atoms with E-state index in [1.54, 1.807) is 11.9 Å². The van der Waals surface area contributed by atoms with Crippen molar-refractivity contribution in [2.45, 2.75) is 6.92 Å². The zero-order valence-corrected chi connectivity index (χ0v) is 11.7. The first-order valence-electron chi connectivity index (χ1n) is 4.89. The monoisotopic (exact) mass is 351 g/mol. The van der Waals surface area contributed by atoms with E-state index in [0.717, 1.165) is 0 Å². The molecule has 0 aliphatic rings. The Hall–Kier alpha value is -1.32. The zero-order valence-electron chi connectivity index (χ0n) is 9.51. The third-order valence-corrected chi connectivity index (χ3v) is 3.28. The number of hydrogen-bond donors (Lipinski definition) is 3. The lowest BCUT2D eigenvalue weighted by Crippen LogP contribution is -2.34. The number of aromatic amines is 1. The number of nitrogens with one attached hydrogen (secondary N) is 1. The number of rotatable bonds is 4. The van der Waals surface area contributed by atoms with Gasteiger partial charge in [-0.25, -0.2) is 4.98 Å². The molecule has 0 radical (unpaired) electrons. The fourth-order valence-electron chi connectivity index (χ4n) is 1.33. The lowest BCUT2D eigenvalue weighted by Gasteiger charge is -2.22. The van der Waals surface area contributed by atoms with Crippen LogP contribution in [-0.4, -0.2) is 34.6 Å². The number of aromatic nitrogens is 2. The van der Waals surface area contributed by atoms with Crippen LogP contribution in [0.5, 0.6) is 0 Å². The number of halogens is 1. The number of hydrogen-bond acceptors (Lipinski definition) is 5. The van der Waals surface area contributed by atoms with Gasteiger partial charge in [0.1, 0.15) is 15.2 Å². The molecule has 0 saturated carbocycles. The highest BCUT2D eigenvalue weighted by Gasteiger charge is 2.15. The second kappa shape index (κ2) is 5.84. The summed E-state index contributed by atoms with van der Waals surface area (Å²) in [5, 5.41) is 11.5. The summed E-state index contributed by atoms with van der Waals surface area (Å²) in [6.07, 6.45) is 1.35. The molecule has 7 nitrogen and oxygen atoms in total. The van der Waals surface area contributed by atoms with E-state index in [2.05, 4.69) is 15.1 Å². The van der Waals surface area contributed by atoms with Crippen molar-refractivity contribution in [2.75, 3.05) is 18.5 Å². The van der Waals surface area contributed by atoms with Crippen LogP contribution < -0.4 is 16.2 Å². The van der Waals surface area contributed by atoms with Crippen LogP contribution in [0.4, 0.5) is 5.82 Å². The van der Waals surface area contributed by atoms with Crippen molar-refractivity contribution in [3.8, 4) is 0 Å². The summed E-state index contributed by atoms with van der Waals surface area (Å²) in [5.41, 5.74) is 5.31. The smallest absolute Gasteiger partial charge is 0.266 e. The Morgan fingerprint density at radius 2 is 2.47 bits per heavy atom. The Bertz CT molecular complexity index is 473. The molecule has 0 spiro atoms. The molecule has 8 heteroatoms. The molecular formula is C9H14IN5O2. The molecule has 1 rings (SSSR count). The average Bonchev–Trinajstić information content (AvgIpc) is 2.31. The van der Waals surface area contributed by atoms with Gasteiger partial charge in [0.2, 0.25) is 0 Å². The largest absolute Gasteiger partial charge is 0.409 e. The molecule has 0 aromatic carbocycles. The minimum atomic E-state index is -0.182. The van der Waals surface area contributed by atoms with E-state index in [1.165, 1.54) is 6.33 Å². The van der Waals surface area contributed by atoms with Crippen molar-refractivity contribution >= 4 is 34.2 Å². The molecule has 1 heterocycles. The Morgan fingerprint density at radius 1 is 1.82 bits per heavy atom. The van der Waals surface area contributed by atoms with Gasteiger partial charge >= 0.3 is 0 Å². The van der Waals surface area contributed by atoms with Crippen LogP contribution in [0.25, 0.3) is 0 Å². The second-order valence-electron chi connectivity index (χ2n) is 3.68. The predicted molar refractivity (Wildman–Crippen MR) is 73.4 cm³/mol. The van der Waals surface area contributed by atoms with Gasteiger partial charge in [-0.3, -0.25) is 4.79 Å². The van der Waals surface area contributed by atoms with E-state index in [9.17, 15) is 4.79 Å². The number of anilines is 1. The van der Waals surface area contributed by atoms with Crippen molar-refractivity contribution < 1.29 is 5.21 Å². The lowest BCUT2D eigenvalue weighted by atomic mass is 10.1. The van der Waals surface area contributed by atoms with Gasteiger partial charge in [0, 0.05) is 19.5 Å². The van der Waals surface area contributed by atoms with Crippen LogP contribution in [0, 0.1) is 9.49 Å². The maximum Gasteiger partial charge on any atom is 0.266 e. The number of nitrogens with zero attached hydrogens (tertiary/aromatic N) is 3. The minimum Gasteiger partial charge on any atom is -0.409 e. The number of nitrogens with two attached hydrogens (primary N) is 1. The van der Waals surface area contributed by atoms with E-state index < -0.39 is 0 Å². The molecule has 94 valence electrons. The number of H-pyrrole nitrogens is 1. The quantitative estimate of drug-likeness (QED) is 0.236. The first-order chi connectivity index (χ1) is 7.97. The van der Waals surface area contributed by atoms with Gasteiger partial charge in [0.05, 0.1) is 6.33 Å². The summed E-state index contributed by atoms with van der Waals surface area (Å²) in [6, 6.07) is 0. The molecular weight excluding hydrogens is 337 g/mol. The first-order valence-corrected chi connectivity index (χ1v) is 5.97.